The third-order valence-electron chi connectivity index (χ3n) is 3.70. The van der Waals surface area contributed by atoms with Gasteiger partial charge in [-0.3, -0.25) is 9.20 Å². The Hall–Kier alpha value is -2.37. The lowest BCUT2D eigenvalue weighted by Gasteiger charge is -2.04. The highest BCUT2D eigenvalue weighted by atomic mass is 35.5. The molecule has 0 saturated heterocycles. The molecule has 1 amide bonds. The normalized spacial score (nSPS) is 11.2. The number of carbonyl (C=O) groups excluding carboxylic acids is 1. The fourth-order valence-corrected chi connectivity index (χ4v) is 3.76. The number of aryl methyl sites for hydroxylation is 1. The smallest absolute Gasteiger partial charge is 0.267 e. The van der Waals surface area contributed by atoms with E-state index in [1.165, 1.54) is 11.3 Å². The number of thiazole rings is 1. The largest absolute Gasteiger partial charge is 0.321 e. The van der Waals surface area contributed by atoms with E-state index in [4.69, 9.17) is 11.6 Å². The van der Waals surface area contributed by atoms with Crippen molar-refractivity contribution in [2.75, 3.05) is 5.32 Å². The van der Waals surface area contributed by atoms with Gasteiger partial charge in [-0.1, -0.05) is 35.1 Å². The fraction of sp³-hybridized carbons (Fsp3) is 0.0588. The number of benzene rings is 2. The molecule has 0 fully saturated rings. The van der Waals surface area contributed by atoms with Crippen LogP contribution in [0.25, 0.3) is 16.0 Å². The minimum Gasteiger partial charge on any atom is -0.321 e. The van der Waals surface area contributed by atoms with Gasteiger partial charge in [0.05, 0.1) is 11.0 Å². The van der Waals surface area contributed by atoms with Crippen LogP contribution in [0.4, 0.5) is 5.69 Å². The number of aromatic nitrogens is 2. The number of halogens is 1. The lowest BCUT2D eigenvalue weighted by atomic mass is 10.3. The minimum absolute atomic E-state index is 0.135. The Bertz CT molecular complexity index is 1030. The third kappa shape index (κ3) is 2.38. The monoisotopic (exact) mass is 341 g/mol. The molecule has 0 bridgehead atoms. The molecule has 23 heavy (non-hydrogen) atoms. The van der Waals surface area contributed by atoms with Crippen molar-refractivity contribution in [3.63, 3.8) is 0 Å². The second kappa shape index (κ2) is 5.37. The maximum absolute atomic E-state index is 12.5. The average molecular weight is 342 g/mol. The van der Waals surface area contributed by atoms with Crippen molar-refractivity contribution in [2.24, 2.45) is 0 Å². The molecule has 0 aliphatic carbocycles. The molecule has 4 nitrogen and oxygen atoms in total. The van der Waals surface area contributed by atoms with Crippen molar-refractivity contribution >= 4 is 50.5 Å². The summed E-state index contributed by atoms with van der Waals surface area (Å²) in [7, 11) is 0. The molecular formula is C17H12ClN3OS. The van der Waals surface area contributed by atoms with Crippen molar-refractivity contribution in [1.82, 2.24) is 9.38 Å². The summed E-state index contributed by atoms with van der Waals surface area (Å²) in [6, 6.07) is 15.0. The van der Waals surface area contributed by atoms with E-state index in [9.17, 15) is 4.79 Å². The van der Waals surface area contributed by atoms with Crippen LogP contribution in [0.5, 0.6) is 0 Å². The van der Waals surface area contributed by atoms with Gasteiger partial charge in [0.1, 0.15) is 4.88 Å². The molecule has 2 aromatic carbocycles. The first kappa shape index (κ1) is 14.2. The molecule has 0 radical (unpaired) electrons. The molecule has 4 rings (SSSR count). The number of amides is 1. The highest BCUT2D eigenvalue weighted by molar-refractivity contribution is 7.19. The molecule has 1 N–H and O–H groups in total. The first-order valence-corrected chi connectivity index (χ1v) is 8.26. The predicted molar refractivity (Wildman–Crippen MR) is 94.7 cm³/mol. The van der Waals surface area contributed by atoms with Crippen molar-refractivity contribution < 1.29 is 4.79 Å². The lowest BCUT2D eigenvalue weighted by molar-refractivity contribution is 0.102. The van der Waals surface area contributed by atoms with E-state index in [1.54, 1.807) is 24.3 Å². The second-order valence-corrected chi connectivity index (χ2v) is 6.61. The van der Waals surface area contributed by atoms with Crippen LogP contribution in [-0.4, -0.2) is 15.3 Å². The number of anilines is 1. The Kier molecular flexibility index (Phi) is 3.32. The van der Waals surface area contributed by atoms with Crippen molar-refractivity contribution in [1.29, 1.82) is 0 Å². The SMILES string of the molecule is Cc1c(C(=O)Nc2ccc(Cl)cc2)sc2nc3ccccc3n12. The number of para-hydroxylation sites is 2. The Balaban J connectivity index is 1.75. The van der Waals surface area contributed by atoms with E-state index >= 15 is 0 Å². The van der Waals surface area contributed by atoms with Crippen LogP contribution in [0.15, 0.2) is 48.5 Å². The zero-order chi connectivity index (χ0) is 16.0. The number of nitrogens with one attached hydrogen (secondary N) is 1. The Morgan fingerprint density at radius 1 is 1.17 bits per heavy atom. The molecule has 0 saturated carbocycles. The topological polar surface area (TPSA) is 46.4 Å². The van der Waals surface area contributed by atoms with Gasteiger partial charge in [-0.15, -0.1) is 0 Å². The molecule has 4 aromatic rings. The molecule has 0 aliphatic heterocycles. The molecule has 114 valence electrons. The van der Waals surface area contributed by atoms with Gasteiger partial charge >= 0.3 is 0 Å². The van der Waals surface area contributed by atoms with Gasteiger partial charge in [0.25, 0.3) is 5.91 Å². The number of rotatable bonds is 2. The van der Waals surface area contributed by atoms with Crippen molar-refractivity contribution in [3.8, 4) is 0 Å². The standard InChI is InChI=1S/C17H12ClN3OS/c1-10-15(16(22)19-12-8-6-11(18)7-9-12)23-17-20-13-4-2-3-5-14(13)21(10)17/h2-9H,1H3,(H,19,22). The van der Waals surface area contributed by atoms with E-state index in [-0.39, 0.29) is 5.91 Å². The predicted octanol–water partition coefficient (Wildman–Crippen LogP) is 4.76. The van der Waals surface area contributed by atoms with Gasteiger partial charge in [0.15, 0.2) is 4.96 Å². The molecule has 0 unspecified atom stereocenters. The van der Waals surface area contributed by atoms with Gasteiger partial charge in [-0.25, -0.2) is 4.98 Å². The number of imidazole rings is 1. The summed E-state index contributed by atoms with van der Waals surface area (Å²) in [5, 5.41) is 3.54. The fourth-order valence-electron chi connectivity index (χ4n) is 2.59. The van der Waals surface area contributed by atoms with Crippen LogP contribution in [-0.2, 0) is 0 Å². The summed E-state index contributed by atoms with van der Waals surface area (Å²) >= 11 is 7.26. The van der Waals surface area contributed by atoms with E-state index in [0.29, 0.717) is 9.90 Å². The quantitative estimate of drug-likeness (QED) is 0.571. The van der Waals surface area contributed by atoms with Crippen LogP contribution in [0.3, 0.4) is 0 Å². The van der Waals surface area contributed by atoms with Crippen LogP contribution < -0.4 is 5.32 Å². The lowest BCUT2D eigenvalue weighted by Crippen LogP contribution is -2.11. The van der Waals surface area contributed by atoms with E-state index < -0.39 is 0 Å². The summed E-state index contributed by atoms with van der Waals surface area (Å²) in [6.07, 6.45) is 0. The molecular weight excluding hydrogens is 330 g/mol. The Morgan fingerprint density at radius 3 is 2.70 bits per heavy atom. The second-order valence-electron chi connectivity index (χ2n) is 5.20. The van der Waals surface area contributed by atoms with Gasteiger partial charge in [-0.05, 0) is 43.3 Å². The maximum Gasteiger partial charge on any atom is 0.267 e. The average Bonchev–Trinajstić information content (AvgIpc) is 3.06. The minimum atomic E-state index is -0.135. The number of hydrogen-bond acceptors (Lipinski definition) is 3. The number of hydrogen-bond donors (Lipinski definition) is 1. The molecule has 2 aromatic heterocycles. The van der Waals surface area contributed by atoms with Crippen LogP contribution >= 0.6 is 22.9 Å². The first-order valence-electron chi connectivity index (χ1n) is 7.07. The summed E-state index contributed by atoms with van der Waals surface area (Å²) in [6.45, 7) is 1.94. The molecule has 0 atom stereocenters. The van der Waals surface area contributed by atoms with Crippen molar-refractivity contribution in [2.45, 2.75) is 6.92 Å². The van der Waals surface area contributed by atoms with Crippen LogP contribution in [0, 0.1) is 6.92 Å². The molecule has 2 heterocycles. The Morgan fingerprint density at radius 2 is 1.91 bits per heavy atom. The Labute approximate surface area is 141 Å². The molecule has 0 aliphatic rings. The summed E-state index contributed by atoms with van der Waals surface area (Å²) in [4.78, 5) is 18.6. The number of fused-ring (bicyclic) bond motifs is 3. The zero-order valence-electron chi connectivity index (χ0n) is 12.2. The van der Waals surface area contributed by atoms with Crippen molar-refractivity contribution in [3.05, 3.63) is 64.1 Å². The summed E-state index contributed by atoms with van der Waals surface area (Å²) in [5.74, 6) is -0.135. The number of nitrogens with zero attached hydrogens (tertiary/aromatic N) is 2. The highest BCUT2D eigenvalue weighted by Gasteiger charge is 2.18. The third-order valence-corrected chi connectivity index (χ3v) is 5.09. The molecule has 6 heteroatoms. The van der Waals surface area contributed by atoms with Crippen LogP contribution in [0.2, 0.25) is 5.02 Å². The van der Waals surface area contributed by atoms with Gasteiger partial charge in [-0.2, -0.15) is 0 Å². The van der Waals surface area contributed by atoms with Crippen LogP contribution in [0.1, 0.15) is 15.4 Å². The van der Waals surface area contributed by atoms with E-state index in [2.05, 4.69) is 10.3 Å². The number of carbonyl (C=O) groups is 1. The highest BCUT2D eigenvalue weighted by Crippen LogP contribution is 2.28. The summed E-state index contributed by atoms with van der Waals surface area (Å²) < 4.78 is 2.02. The first-order chi connectivity index (χ1) is 11.1. The van der Waals surface area contributed by atoms with E-state index in [1.807, 2.05) is 35.6 Å². The maximum atomic E-state index is 12.5. The summed E-state index contributed by atoms with van der Waals surface area (Å²) in [5.41, 5.74) is 3.56. The van der Waals surface area contributed by atoms with Gasteiger partial charge in [0.2, 0.25) is 0 Å². The zero-order valence-corrected chi connectivity index (χ0v) is 13.8. The van der Waals surface area contributed by atoms with E-state index in [0.717, 1.165) is 27.4 Å². The van der Waals surface area contributed by atoms with Gasteiger partial charge in [0, 0.05) is 16.4 Å². The molecule has 0 spiro atoms. The van der Waals surface area contributed by atoms with Gasteiger partial charge < -0.3 is 5.32 Å².